The van der Waals surface area contributed by atoms with Crippen molar-refractivity contribution in [2.45, 2.75) is 219 Å². The number of nitrogens with one attached hydrogen (secondary N) is 1. The quantitative estimate of drug-likeness (QED) is 0.0500. The summed E-state index contributed by atoms with van der Waals surface area (Å²) in [7, 11) is 4.04. The van der Waals surface area contributed by atoms with Gasteiger partial charge in [0, 0.05) is 19.3 Å². The molecule has 1 N–H and O–H groups in total. The maximum absolute atomic E-state index is 12.6. The summed E-state index contributed by atoms with van der Waals surface area (Å²) in [6.45, 7) is 9.42. The van der Waals surface area contributed by atoms with Crippen LogP contribution in [0.25, 0.3) is 0 Å². The topological polar surface area (TPSA) is 60.0 Å². The Morgan fingerprint density at radius 3 is 1.19 bits per heavy atom. The largest absolute Gasteiger partial charge is 0.448 e. The Balaban J connectivity index is 4.04. The number of alkyl carbamates (subject to hydrolysis) is 1. The van der Waals surface area contributed by atoms with E-state index in [1.807, 2.05) is 14.1 Å². The molecule has 0 spiro atoms. The number of carbonyl (C=O) groups is 1. The van der Waals surface area contributed by atoms with Gasteiger partial charge < -0.3 is 24.4 Å². The number of rotatable bonds is 41. The van der Waals surface area contributed by atoms with Crippen LogP contribution in [0.5, 0.6) is 0 Å². The predicted octanol–water partition coefficient (Wildman–Crippen LogP) is 13.5. The van der Waals surface area contributed by atoms with Crippen LogP contribution >= 0.6 is 0 Å². The molecule has 0 heterocycles. The first kappa shape index (κ1) is 50.6. The monoisotopic (exact) mass is 735 g/mol. The molecule has 1 atom stereocenters. The summed E-state index contributed by atoms with van der Waals surface area (Å²) in [5, 5.41) is 3.01. The highest BCUT2D eigenvalue weighted by atomic mass is 16.6. The zero-order chi connectivity index (χ0) is 38.0. The molecule has 0 aliphatic heterocycles. The van der Waals surface area contributed by atoms with Gasteiger partial charge in [-0.25, -0.2) is 4.79 Å². The first-order valence-corrected chi connectivity index (χ1v) is 22.6. The Morgan fingerprint density at radius 2 is 0.846 bits per heavy atom. The van der Waals surface area contributed by atoms with Crippen LogP contribution in [0.1, 0.15) is 207 Å². The second-order valence-electron chi connectivity index (χ2n) is 15.5. The number of ether oxygens (including phenoxy) is 3. The van der Waals surface area contributed by atoms with E-state index in [0.717, 1.165) is 32.5 Å². The van der Waals surface area contributed by atoms with Crippen molar-refractivity contribution in [2.75, 3.05) is 47.1 Å². The number of hydrogen-bond acceptors (Lipinski definition) is 5. The molecular weight excluding hydrogens is 645 g/mol. The van der Waals surface area contributed by atoms with Gasteiger partial charge in [-0.2, -0.15) is 0 Å². The molecule has 0 radical (unpaired) electrons. The molecule has 6 heteroatoms. The van der Waals surface area contributed by atoms with Crippen molar-refractivity contribution in [1.82, 2.24) is 10.2 Å². The van der Waals surface area contributed by atoms with Crippen molar-refractivity contribution in [3.63, 3.8) is 0 Å². The van der Waals surface area contributed by atoms with Crippen LogP contribution in [0.15, 0.2) is 24.3 Å². The zero-order valence-electron chi connectivity index (χ0n) is 35.6. The third-order valence-corrected chi connectivity index (χ3v) is 10.2. The molecule has 0 aromatic rings. The summed E-state index contributed by atoms with van der Waals surface area (Å²) in [4.78, 5) is 14.7. The normalized spacial score (nSPS) is 12.6. The van der Waals surface area contributed by atoms with Gasteiger partial charge in [-0.3, -0.25) is 0 Å². The van der Waals surface area contributed by atoms with Crippen molar-refractivity contribution in [3.8, 4) is 0 Å². The molecular formula is C46H90N2O4. The van der Waals surface area contributed by atoms with E-state index in [2.05, 4.69) is 55.3 Å². The number of carbonyl (C=O) groups excluding carboxylic acids is 1. The van der Waals surface area contributed by atoms with E-state index in [1.54, 1.807) is 0 Å². The lowest BCUT2D eigenvalue weighted by Gasteiger charge is -2.23. The van der Waals surface area contributed by atoms with Gasteiger partial charge in [-0.15, -0.1) is 0 Å². The number of likely N-dealkylation sites (N-methyl/N-ethyl adjacent to an activating group) is 1. The number of allylic oxidation sites excluding steroid dienone is 4. The Labute approximate surface area is 325 Å². The SMILES string of the molecule is CCCCCCCC/C=C\CCCCCCCCOCC(COCCCCCCCC/C=C\CCCCCCCC)NC(=O)OCC(CC)N(C)C. The molecule has 308 valence electrons. The number of amides is 1. The van der Waals surface area contributed by atoms with E-state index in [4.69, 9.17) is 14.2 Å². The Hall–Kier alpha value is -1.37. The average molecular weight is 735 g/mol. The zero-order valence-corrected chi connectivity index (χ0v) is 35.6. The summed E-state index contributed by atoms with van der Waals surface area (Å²) in [5.74, 6) is 0. The molecule has 1 unspecified atom stereocenters. The van der Waals surface area contributed by atoms with Crippen LogP contribution in [0, 0.1) is 0 Å². The van der Waals surface area contributed by atoms with Crippen molar-refractivity contribution in [1.29, 1.82) is 0 Å². The van der Waals surface area contributed by atoms with Gasteiger partial charge in [0.2, 0.25) is 0 Å². The van der Waals surface area contributed by atoms with Crippen LogP contribution in [-0.4, -0.2) is 70.2 Å². The molecule has 0 saturated carbocycles. The van der Waals surface area contributed by atoms with Crippen molar-refractivity contribution in [3.05, 3.63) is 24.3 Å². The second kappa shape index (κ2) is 42.4. The summed E-state index contributed by atoms with van der Waals surface area (Å²) in [6, 6.07) is 0.0181. The molecule has 0 saturated heterocycles. The second-order valence-corrected chi connectivity index (χ2v) is 15.5. The first-order valence-electron chi connectivity index (χ1n) is 22.6. The highest BCUT2D eigenvalue weighted by Gasteiger charge is 2.17. The fraction of sp³-hybridized carbons (Fsp3) is 0.891. The molecule has 0 fully saturated rings. The molecule has 52 heavy (non-hydrogen) atoms. The van der Waals surface area contributed by atoms with Crippen LogP contribution < -0.4 is 5.32 Å². The summed E-state index contributed by atoms with van der Waals surface area (Å²) in [5.41, 5.74) is 0. The first-order chi connectivity index (χ1) is 25.5. The van der Waals surface area contributed by atoms with Crippen LogP contribution in [-0.2, 0) is 14.2 Å². The van der Waals surface area contributed by atoms with Crippen molar-refractivity contribution < 1.29 is 19.0 Å². The Kier molecular flexibility index (Phi) is 41.3. The Morgan fingerprint density at radius 1 is 0.500 bits per heavy atom. The maximum Gasteiger partial charge on any atom is 0.407 e. The third kappa shape index (κ3) is 38.4. The molecule has 0 aromatic heterocycles. The number of nitrogens with zero attached hydrogens (tertiary/aromatic N) is 1. The van der Waals surface area contributed by atoms with E-state index in [9.17, 15) is 4.79 Å². The predicted molar refractivity (Wildman–Crippen MR) is 227 cm³/mol. The summed E-state index contributed by atoms with van der Waals surface area (Å²) in [6.07, 6.45) is 46.6. The molecule has 0 aromatic carbocycles. The molecule has 0 bridgehead atoms. The lowest BCUT2D eigenvalue weighted by Crippen LogP contribution is -2.43. The average Bonchev–Trinajstić information content (AvgIpc) is 3.13. The number of unbranched alkanes of at least 4 members (excludes halogenated alkanes) is 24. The van der Waals surface area contributed by atoms with E-state index in [0.29, 0.717) is 19.8 Å². The molecule has 6 nitrogen and oxygen atoms in total. The van der Waals surface area contributed by atoms with Gasteiger partial charge in [0.25, 0.3) is 0 Å². The smallest absolute Gasteiger partial charge is 0.407 e. The van der Waals surface area contributed by atoms with E-state index >= 15 is 0 Å². The minimum atomic E-state index is -0.382. The fourth-order valence-electron chi connectivity index (χ4n) is 6.50. The van der Waals surface area contributed by atoms with Gasteiger partial charge in [-0.1, -0.05) is 161 Å². The van der Waals surface area contributed by atoms with Crippen LogP contribution in [0.4, 0.5) is 4.79 Å². The van der Waals surface area contributed by atoms with Gasteiger partial charge in [0.05, 0.1) is 19.3 Å². The lowest BCUT2D eigenvalue weighted by atomic mass is 10.1. The van der Waals surface area contributed by atoms with Gasteiger partial charge in [0.15, 0.2) is 0 Å². The molecule has 1 amide bonds. The maximum atomic E-state index is 12.6. The lowest BCUT2D eigenvalue weighted by molar-refractivity contribution is 0.0463. The minimum Gasteiger partial charge on any atom is -0.448 e. The van der Waals surface area contributed by atoms with E-state index < -0.39 is 0 Å². The molecule has 0 rings (SSSR count). The van der Waals surface area contributed by atoms with Gasteiger partial charge >= 0.3 is 6.09 Å². The summed E-state index contributed by atoms with van der Waals surface area (Å²) >= 11 is 0. The van der Waals surface area contributed by atoms with Crippen LogP contribution in [0.3, 0.4) is 0 Å². The molecule has 0 aliphatic rings. The highest BCUT2D eigenvalue weighted by molar-refractivity contribution is 5.67. The van der Waals surface area contributed by atoms with E-state index in [-0.39, 0.29) is 18.2 Å². The minimum absolute atomic E-state index is 0.199. The van der Waals surface area contributed by atoms with Crippen molar-refractivity contribution in [2.24, 2.45) is 0 Å². The Bertz CT molecular complexity index is 725. The summed E-state index contributed by atoms with van der Waals surface area (Å²) < 4.78 is 17.6. The number of hydrogen-bond donors (Lipinski definition) is 1. The standard InChI is InChI=1S/C46H90N2O4/c1-6-9-11-13-15-17-19-21-23-25-27-29-31-33-35-37-39-50-41-44(47-46(49)52-43-45(8-3)48(4)5)42-51-40-38-36-34-32-30-28-26-24-22-20-18-16-14-12-10-7-2/h21-24,44-45H,6-20,25-43H2,1-5H3,(H,47,49)/b23-21-,24-22-. The molecule has 0 aliphatic carbocycles. The highest BCUT2D eigenvalue weighted by Crippen LogP contribution is 2.12. The van der Waals surface area contributed by atoms with Gasteiger partial charge in [0.1, 0.15) is 6.61 Å². The fourth-order valence-corrected chi connectivity index (χ4v) is 6.50. The van der Waals surface area contributed by atoms with Crippen LogP contribution in [0.2, 0.25) is 0 Å². The van der Waals surface area contributed by atoms with Crippen molar-refractivity contribution >= 4 is 6.09 Å². The van der Waals surface area contributed by atoms with Gasteiger partial charge in [-0.05, 0) is 84.7 Å². The third-order valence-electron chi connectivity index (χ3n) is 10.2. The van der Waals surface area contributed by atoms with E-state index in [1.165, 1.54) is 167 Å².